The average molecular weight is 313 g/mol. The van der Waals surface area contributed by atoms with Crippen LogP contribution in [0.1, 0.15) is 44.4 Å². The van der Waals surface area contributed by atoms with E-state index in [2.05, 4.69) is 40.5 Å². The quantitative estimate of drug-likeness (QED) is 0.937. The number of fused-ring (bicyclic) bond motifs is 1. The number of aryl methyl sites for hydroxylation is 1. The lowest BCUT2D eigenvalue weighted by Crippen LogP contribution is -2.42. The molecule has 23 heavy (non-hydrogen) atoms. The third kappa shape index (κ3) is 3.38. The van der Waals surface area contributed by atoms with Gasteiger partial charge in [0.05, 0.1) is 12.2 Å². The van der Waals surface area contributed by atoms with E-state index in [-0.39, 0.29) is 11.8 Å². The second kappa shape index (κ2) is 6.44. The van der Waals surface area contributed by atoms with Crippen molar-refractivity contribution in [3.63, 3.8) is 0 Å². The van der Waals surface area contributed by atoms with E-state index in [0.29, 0.717) is 18.5 Å². The van der Waals surface area contributed by atoms with Crippen LogP contribution >= 0.6 is 0 Å². The fourth-order valence-corrected chi connectivity index (χ4v) is 2.95. The SMILES string of the molecule is CC(C)c1cc(NC(=O)CN2c3ccccc3CCC2C)on1. The summed E-state index contributed by atoms with van der Waals surface area (Å²) in [6, 6.07) is 10.4. The second-order valence-electron chi connectivity index (χ2n) is 6.46. The summed E-state index contributed by atoms with van der Waals surface area (Å²) in [4.78, 5) is 14.5. The predicted octanol–water partition coefficient (Wildman–Crippen LogP) is 3.58. The van der Waals surface area contributed by atoms with Crippen LogP contribution in [0.2, 0.25) is 0 Å². The first-order valence-corrected chi connectivity index (χ1v) is 8.15. The van der Waals surface area contributed by atoms with Gasteiger partial charge in [-0.15, -0.1) is 0 Å². The Balaban J connectivity index is 1.69. The van der Waals surface area contributed by atoms with Crippen LogP contribution in [0.25, 0.3) is 0 Å². The maximum absolute atomic E-state index is 12.4. The second-order valence-corrected chi connectivity index (χ2v) is 6.46. The zero-order valence-electron chi connectivity index (χ0n) is 13.9. The number of para-hydroxylation sites is 1. The Kier molecular flexibility index (Phi) is 4.37. The van der Waals surface area contributed by atoms with Gasteiger partial charge in [-0.25, -0.2) is 0 Å². The Morgan fingerprint density at radius 3 is 2.96 bits per heavy atom. The van der Waals surface area contributed by atoms with Gasteiger partial charge in [-0.05, 0) is 37.3 Å². The van der Waals surface area contributed by atoms with E-state index >= 15 is 0 Å². The van der Waals surface area contributed by atoms with Crippen LogP contribution in [0.5, 0.6) is 0 Å². The third-order valence-electron chi connectivity index (χ3n) is 4.36. The topological polar surface area (TPSA) is 58.4 Å². The van der Waals surface area contributed by atoms with E-state index in [9.17, 15) is 4.79 Å². The fraction of sp³-hybridized carbons (Fsp3) is 0.444. The molecule has 122 valence electrons. The molecule has 0 fully saturated rings. The van der Waals surface area contributed by atoms with Crippen molar-refractivity contribution < 1.29 is 9.32 Å². The minimum absolute atomic E-state index is 0.0833. The molecular weight excluding hydrogens is 290 g/mol. The van der Waals surface area contributed by atoms with E-state index in [4.69, 9.17) is 4.52 Å². The maximum Gasteiger partial charge on any atom is 0.246 e. The summed E-state index contributed by atoms with van der Waals surface area (Å²) < 4.78 is 5.18. The molecular formula is C18H23N3O2. The molecule has 1 aromatic heterocycles. The minimum Gasteiger partial charge on any atom is -0.359 e. The maximum atomic E-state index is 12.4. The lowest BCUT2D eigenvalue weighted by Gasteiger charge is -2.36. The van der Waals surface area contributed by atoms with Crippen LogP contribution in [-0.2, 0) is 11.2 Å². The lowest BCUT2D eigenvalue weighted by atomic mass is 9.97. The van der Waals surface area contributed by atoms with Gasteiger partial charge in [-0.3, -0.25) is 10.1 Å². The van der Waals surface area contributed by atoms with Crippen LogP contribution in [-0.4, -0.2) is 23.7 Å². The van der Waals surface area contributed by atoms with Crippen molar-refractivity contribution in [3.05, 3.63) is 41.6 Å². The van der Waals surface area contributed by atoms with Crippen LogP contribution in [0.3, 0.4) is 0 Å². The molecule has 1 unspecified atom stereocenters. The van der Waals surface area contributed by atoms with Gasteiger partial charge in [-0.2, -0.15) is 0 Å². The number of hydrogen-bond donors (Lipinski definition) is 1. The Morgan fingerprint density at radius 2 is 2.22 bits per heavy atom. The number of hydrogen-bond acceptors (Lipinski definition) is 4. The van der Waals surface area contributed by atoms with Gasteiger partial charge in [0.2, 0.25) is 11.8 Å². The standard InChI is InChI=1S/C18H23N3O2/c1-12(2)15-10-18(23-20-15)19-17(22)11-21-13(3)8-9-14-6-4-5-7-16(14)21/h4-7,10,12-13H,8-9,11H2,1-3H3,(H,19,22). The highest BCUT2D eigenvalue weighted by molar-refractivity contribution is 5.93. The van der Waals surface area contributed by atoms with E-state index in [1.54, 1.807) is 6.07 Å². The summed E-state index contributed by atoms with van der Waals surface area (Å²) in [5.41, 5.74) is 3.30. The molecule has 1 amide bonds. The molecule has 1 N–H and O–H groups in total. The monoisotopic (exact) mass is 313 g/mol. The molecule has 1 aliphatic rings. The zero-order chi connectivity index (χ0) is 16.4. The summed E-state index contributed by atoms with van der Waals surface area (Å²) in [6.45, 7) is 6.55. The highest BCUT2D eigenvalue weighted by Crippen LogP contribution is 2.30. The molecule has 0 saturated heterocycles. The summed E-state index contributed by atoms with van der Waals surface area (Å²) in [7, 11) is 0. The summed E-state index contributed by atoms with van der Waals surface area (Å²) in [5, 5.41) is 6.77. The number of carbonyl (C=O) groups is 1. The van der Waals surface area contributed by atoms with E-state index in [0.717, 1.165) is 24.2 Å². The van der Waals surface area contributed by atoms with E-state index < -0.39 is 0 Å². The van der Waals surface area contributed by atoms with E-state index in [1.165, 1.54) is 5.56 Å². The molecule has 0 spiro atoms. The van der Waals surface area contributed by atoms with Crippen molar-refractivity contribution in [1.82, 2.24) is 5.16 Å². The van der Waals surface area contributed by atoms with Crippen molar-refractivity contribution in [2.45, 2.75) is 45.6 Å². The van der Waals surface area contributed by atoms with Crippen molar-refractivity contribution in [2.24, 2.45) is 0 Å². The first-order valence-electron chi connectivity index (χ1n) is 8.15. The van der Waals surface area contributed by atoms with Crippen molar-refractivity contribution in [1.29, 1.82) is 0 Å². The molecule has 0 aliphatic carbocycles. The number of carbonyl (C=O) groups excluding carboxylic acids is 1. The zero-order valence-corrected chi connectivity index (χ0v) is 13.9. The molecule has 0 saturated carbocycles. The Bertz CT molecular complexity index is 693. The largest absolute Gasteiger partial charge is 0.359 e. The van der Waals surface area contributed by atoms with Crippen LogP contribution in [0, 0.1) is 0 Å². The molecule has 1 atom stereocenters. The van der Waals surface area contributed by atoms with Gasteiger partial charge >= 0.3 is 0 Å². The lowest BCUT2D eigenvalue weighted by molar-refractivity contribution is -0.115. The molecule has 0 radical (unpaired) electrons. The number of amides is 1. The van der Waals surface area contributed by atoms with Gasteiger partial charge in [-0.1, -0.05) is 37.2 Å². The van der Waals surface area contributed by atoms with Gasteiger partial charge in [0.25, 0.3) is 0 Å². The van der Waals surface area contributed by atoms with Crippen LogP contribution < -0.4 is 10.2 Å². The molecule has 2 heterocycles. The summed E-state index contributed by atoms with van der Waals surface area (Å²) in [5.74, 6) is 0.607. The predicted molar refractivity (Wildman–Crippen MR) is 90.8 cm³/mol. The Labute approximate surface area is 136 Å². The number of rotatable bonds is 4. The molecule has 5 nitrogen and oxygen atoms in total. The minimum atomic E-state index is -0.0833. The Hall–Kier alpha value is -2.30. The first-order chi connectivity index (χ1) is 11.0. The van der Waals surface area contributed by atoms with E-state index in [1.807, 2.05) is 19.9 Å². The van der Waals surface area contributed by atoms with Gasteiger partial charge in [0.1, 0.15) is 0 Å². The smallest absolute Gasteiger partial charge is 0.246 e. The molecule has 1 aliphatic heterocycles. The van der Waals surface area contributed by atoms with Gasteiger partial charge in [0.15, 0.2) is 0 Å². The number of anilines is 2. The number of nitrogens with one attached hydrogen (secondary N) is 1. The third-order valence-corrected chi connectivity index (χ3v) is 4.36. The normalized spacial score (nSPS) is 17.2. The van der Waals surface area contributed by atoms with Gasteiger partial charge < -0.3 is 9.42 Å². The fourth-order valence-electron chi connectivity index (χ4n) is 2.95. The summed E-state index contributed by atoms with van der Waals surface area (Å²) >= 11 is 0. The molecule has 0 bridgehead atoms. The van der Waals surface area contributed by atoms with Crippen molar-refractivity contribution >= 4 is 17.5 Å². The first kappa shape index (κ1) is 15.6. The highest BCUT2D eigenvalue weighted by Gasteiger charge is 2.24. The molecule has 1 aromatic carbocycles. The van der Waals surface area contributed by atoms with Crippen molar-refractivity contribution in [2.75, 3.05) is 16.8 Å². The number of benzene rings is 1. The summed E-state index contributed by atoms with van der Waals surface area (Å²) in [6.07, 6.45) is 2.12. The Morgan fingerprint density at radius 1 is 1.43 bits per heavy atom. The average Bonchev–Trinajstić information content (AvgIpc) is 2.99. The van der Waals surface area contributed by atoms with Crippen LogP contribution in [0.15, 0.2) is 34.9 Å². The van der Waals surface area contributed by atoms with Crippen LogP contribution in [0.4, 0.5) is 11.6 Å². The number of aromatic nitrogens is 1. The van der Waals surface area contributed by atoms with Gasteiger partial charge in [0, 0.05) is 17.8 Å². The molecule has 5 heteroatoms. The van der Waals surface area contributed by atoms with Crippen molar-refractivity contribution in [3.8, 4) is 0 Å². The highest BCUT2D eigenvalue weighted by atomic mass is 16.5. The number of nitrogens with zero attached hydrogens (tertiary/aromatic N) is 2. The molecule has 3 rings (SSSR count). The molecule has 2 aromatic rings.